The van der Waals surface area contributed by atoms with Crippen LogP contribution in [-0.2, 0) is 27.5 Å². The summed E-state index contributed by atoms with van der Waals surface area (Å²) in [6.07, 6.45) is 1.17. The SMILES string of the molecule is CCNC(=NCc1cc(F)ccc1CS(C)(=O)=O)NCC(C)(C)c1ccc(C)cc1. The van der Waals surface area contributed by atoms with Crippen molar-refractivity contribution in [2.75, 3.05) is 19.3 Å². The van der Waals surface area contributed by atoms with Gasteiger partial charge in [0.05, 0.1) is 12.3 Å². The van der Waals surface area contributed by atoms with Crippen LogP contribution in [0.5, 0.6) is 0 Å². The molecule has 0 unspecified atom stereocenters. The van der Waals surface area contributed by atoms with E-state index < -0.39 is 15.7 Å². The molecule has 0 bridgehead atoms. The van der Waals surface area contributed by atoms with Crippen molar-refractivity contribution in [2.24, 2.45) is 4.99 Å². The van der Waals surface area contributed by atoms with Gasteiger partial charge >= 0.3 is 0 Å². The van der Waals surface area contributed by atoms with Crippen molar-refractivity contribution in [3.8, 4) is 0 Å². The lowest BCUT2D eigenvalue weighted by Crippen LogP contribution is -2.43. The molecule has 0 aromatic heterocycles. The highest BCUT2D eigenvalue weighted by Gasteiger charge is 2.21. The van der Waals surface area contributed by atoms with E-state index in [4.69, 9.17) is 0 Å². The second-order valence-corrected chi connectivity index (χ2v) is 10.4. The molecule has 0 amide bonds. The fraction of sp³-hybridized carbons (Fsp3) is 0.435. The van der Waals surface area contributed by atoms with Crippen molar-refractivity contribution < 1.29 is 12.8 Å². The summed E-state index contributed by atoms with van der Waals surface area (Å²) in [6, 6.07) is 12.6. The predicted molar refractivity (Wildman–Crippen MR) is 122 cm³/mol. The van der Waals surface area contributed by atoms with Crippen molar-refractivity contribution in [1.82, 2.24) is 10.6 Å². The molecule has 0 fully saturated rings. The third-order valence-electron chi connectivity index (χ3n) is 4.87. The smallest absolute Gasteiger partial charge is 0.191 e. The van der Waals surface area contributed by atoms with Crippen LogP contribution in [0.2, 0.25) is 0 Å². The van der Waals surface area contributed by atoms with E-state index in [-0.39, 0.29) is 17.7 Å². The molecule has 0 aliphatic rings. The largest absolute Gasteiger partial charge is 0.357 e. The van der Waals surface area contributed by atoms with Crippen LogP contribution in [0.1, 0.15) is 43.0 Å². The number of aliphatic imine (C=N–C) groups is 1. The van der Waals surface area contributed by atoms with Crippen LogP contribution in [-0.4, -0.2) is 33.7 Å². The highest BCUT2D eigenvalue weighted by atomic mass is 32.2. The Morgan fingerprint density at radius 3 is 2.33 bits per heavy atom. The number of nitrogens with one attached hydrogen (secondary N) is 2. The van der Waals surface area contributed by atoms with Crippen molar-refractivity contribution in [2.45, 2.75) is 45.4 Å². The summed E-state index contributed by atoms with van der Waals surface area (Å²) in [6.45, 7) is 9.87. The third kappa shape index (κ3) is 7.44. The molecule has 0 radical (unpaired) electrons. The summed E-state index contributed by atoms with van der Waals surface area (Å²) >= 11 is 0. The van der Waals surface area contributed by atoms with Crippen LogP contribution in [0.15, 0.2) is 47.5 Å². The van der Waals surface area contributed by atoms with Gasteiger partial charge in [0, 0.05) is 24.8 Å². The van der Waals surface area contributed by atoms with Crippen LogP contribution in [0.25, 0.3) is 0 Å². The molecule has 164 valence electrons. The van der Waals surface area contributed by atoms with E-state index in [1.54, 1.807) is 0 Å². The molecule has 7 heteroatoms. The summed E-state index contributed by atoms with van der Waals surface area (Å²) in [5.74, 6) is 0.0610. The van der Waals surface area contributed by atoms with Crippen LogP contribution >= 0.6 is 0 Å². The fourth-order valence-electron chi connectivity index (χ4n) is 3.08. The summed E-state index contributed by atoms with van der Waals surface area (Å²) in [7, 11) is -3.23. The zero-order chi connectivity index (χ0) is 22.4. The zero-order valence-electron chi connectivity index (χ0n) is 18.4. The van der Waals surface area contributed by atoms with Gasteiger partial charge in [0.15, 0.2) is 15.8 Å². The number of sulfone groups is 1. The van der Waals surface area contributed by atoms with E-state index in [1.807, 2.05) is 6.92 Å². The highest BCUT2D eigenvalue weighted by molar-refractivity contribution is 7.89. The second-order valence-electron chi connectivity index (χ2n) is 8.28. The Hall–Kier alpha value is -2.41. The summed E-state index contributed by atoms with van der Waals surface area (Å²) in [4.78, 5) is 4.56. The average molecular weight is 434 g/mol. The van der Waals surface area contributed by atoms with Gasteiger partial charge in [-0.2, -0.15) is 0 Å². The Labute approximate surface area is 179 Å². The fourth-order valence-corrected chi connectivity index (χ4v) is 3.93. The molecule has 0 aliphatic heterocycles. The third-order valence-corrected chi connectivity index (χ3v) is 5.70. The number of nitrogens with zero attached hydrogens (tertiary/aromatic N) is 1. The molecule has 0 heterocycles. The van der Waals surface area contributed by atoms with E-state index >= 15 is 0 Å². The van der Waals surface area contributed by atoms with Gasteiger partial charge in [0.25, 0.3) is 0 Å². The maximum atomic E-state index is 13.7. The van der Waals surface area contributed by atoms with Gasteiger partial charge in [-0.15, -0.1) is 0 Å². The van der Waals surface area contributed by atoms with Crippen molar-refractivity contribution in [1.29, 1.82) is 0 Å². The predicted octanol–water partition coefficient (Wildman–Crippen LogP) is 3.71. The van der Waals surface area contributed by atoms with E-state index in [0.29, 0.717) is 30.2 Å². The van der Waals surface area contributed by atoms with E-state index in [9.17, 15) is 12.8 Å². The number of rotatable bonds is 8. The first-order valence-electron chi connectivity index (χ1n) is 10.0. The quantitative estimate of drug-likeness (QED) is 0.492. The molecule has 0 saturated carbocycles. The molecule has 2 N–H and O–H groups in total. The summed E-state index contributed by atoms with van der Waals surface area (Å²) in [5.41, 5.74) is 3.45. The topological polar surface area (TPSA) is 70.6 Å². The maximum absolute atomic E-state index is 13.7. The van der Waals surface area contributed by atoms with Crippen molar-refractivity contribution in [3.05, 3.63) is 70.5 Å². The van der Waals surface area contributed by atoms with Gasteiger partial charge in [0.2, 0.25) is 0 Å². The minimum atomic E-state index is -3.23. The highest BCUT2D eigenvalue weighted by Crippen LogP contribution is 2.22. The Kier molecular flexibility index (Phi) is 8.01. The number of hydrogen-bond acceptors (Lipinski definition) is 3. The Morgan fingerprint density at radius 1 is 1.07 bits per heavy atom. The summed E-state index contributed by atoms with van der Waals surface area (Å²) in [5, 5.41) is 6.55. The zero-order valence-corrected chi connectivity index (χ0v) is 19.2. The first-order chi connectivity index (χ1) is 14.0. The number of guanidine groups is 1. The minimum Gasteiger partial charge on any atom is -0.357 e. The first kappa shape index (κ1) is 23.9. The lowest BCUT2D eigenvalue weighted by atomic mass is 9.84. The molecular formula is C23H32FN3O2S. The van der Waals surface area contributed by atoms with Crippen LogP contribution in [0.4, 0.5) is 4.39 Å². The molecule has 0 atom stereocenters. The summed E-state index contributed by atoms with van der Waals surface area (Å²) < 4.78 is 37.1. The molecule has 2 rings (SSSR count). The van der Waals surface area contributed by atoms with E-state index in [0.717, 1.165) is 0 Å². The Morgan fingerprint density at radius 2 is 1.73 bits per heavy atom. The van der Waals surface area contributed by atoms with Crippen LogP contribution in [0.3, 0.4) is 0 Å². The lowest BCUT2D eigenvalue weighted by molar-refractivity contribution is 0.508. The van der Waals surface area contributed by atoms with Crippen LogP contribution < -0.4 is 10.6 Å². The number of halogens is 1. The van der Waals surface area contributed by atoms with E-state index in [1.165, 1.54) is 35.6 Å². The van der Waals surface area contributed by atoms with Gasteiger partial charge < -0.3 is 10.6 Å². The van der Waals surface area contributed by atoms with Gasteiger partial charge in [0.1, 0.15) is 5.82 Å². The normalized spacial score (nSPS) is 12.7. The second kappa shape index (κ2) is 10.1. The molecule has 0 aliphatic carbocycles. The van der Waals surface area contributed by atoms with Gasteiger partial charge in [-0.1, -0.05) is 49.7 Å². The molecule has 30 heavy (non-hydrogen) atoms. The monoisotopic (exact) mass is 433 g/mol. The molecule has 2 aromatic carbocycles. The molecule has 0 saturated heterocycles. The number of aryl methyl sites for hydroxylation is 1. The molecular weight excluding hydrogens is 401 g/mol. The first-order valence-corrected chi connectivity index (χ1v) is 12.1. The molecule has 2 aromatic rings. The van der Waals surface area contributed by atoms with Crippen LogP contribution in [0, 0.1) is 12.7 Å². The standard InChI is InChI=1S/C23H32FN3O2S/c1-6-25-22(27-16-23(3,4)20-10-7-17(2)8-11-20)26-14-19-13-21(24)12-9-18(19)15-30(5,28)29/h7-13H,6,14-16H2,1-5H3,(H2,25,26,27). The average Bonchev–Trinajstić information content (AvgIpc) is 2.65. The maximum Gasteiger partial charge on any atom is 0.191 e. The van der Waals surface area contributed by atoms with Gasteiger partial charge in [-0.25, -0.2) is 17.8 Å². The molecule has 5 nitrogen and oxygen atoms in total. The van der Waals surface area contributed by atoms with Gasteiger partial charge in [-0.3, -0.25) is 0 Å². The number of hydrogen-bond donors (Lipinski definition) is 2. The van der Waals surface area contributed by atoms with Crippen molar-refractivity contribution in [3.63, 3.8) is 0 Å². The Bertz CT molecular complexity index is 984. The molecule has 0 spiro atoms. The lowest BCUT2D eigenvalue weighted by Gasteiger charge is -2.27. The Balaban J connectivity index is 2.16. The minimum absolute atomic E-state index is 0.121. The van der Waals surface area contributed by atoms with Crippen molar-refractivity contribution >= 4 is 15.8 Å². The van der Waals surface area contributed by atoms with E-state index in [2.05, 4.69) is 60.7 Å². The van der Waals surface area contributed by atoms with Gasteiger partial charge in [-0.05, 0) is 42.7 Å². The number of benzene rings is 2.